The van der Waals surface area contributed by atoms with Crippen LogP contribution < -0.4 is 10.6 Å². The molecule has 0 saturated heterocycles. The lowest BCUT2D eigenvalue weighted by atomic mass is 10.2. The fourth-order valence-electron chi connectivity index (χ4n) is 2.67. The maximum Gasteiger partial charge on any atom is 0.345 e. The number of carbonyl (C=O) groups excluding carboxylic acids is 2. The number of ether oxygens (including phenoxy) is 1. The van der Waals surface area contributed by atoms with E-state index in [1.807, 2.05) is 0 Å². The van der Waals surface area contributed by atoms with Crippen molar-refractivity contribution in [2.45, 2.75) is 6.92 Å². The summed E-state index contributed by atoms with van der Waals surface area (Å²) in [5, 5.41) is 15.2. The summed E-state index contributed by atoms with van der Waals surface area (Å²) in [5.41, 5.74) is 0.366. The molecular weight excluding hydrogens is 472 g/mol. The van der Waals surface area contributed by atoms with Gasteiger partial charge in [0.25, 0.3) is 5.91 Å². The van der Waals surface area contributed by atoms with Crippen molar-refractivity contribution >= 4 is 58.4 Å². The van der Waals surface area contributed by atoms with Gasteiger partial charge in [-0.2, -0.15) is 5.26 Å². The van der Waals surface area contributed by atoms with Crippen LogP contribution in [0.2, 0.25) is 10.0 Å². The number of anilines is 3. The Labute approximate surface area is 198 Å². The molecule has 0 aliphatic carbocycles. The lowest BCUT2D eigenvalue weighted by Gasteiger charge is -2.06. The Kier molecular flexibility index (Phi) is 7.72. The van der Waals surface area contributed by atoms with Crippen LogP contribution in [0.3, 0.4) is 0 Å². The van der Waals surface area contributed by atoms with Crippen molar-refractivity contribution in [1.29, 1.82) is 5.26 Å². The van der Waals surface area contributed by atoms with Gasteiger partial charge in [-0.3, -0.25) is 4.79 Å². The van der Waals surface area contributed by atoms with E-state index >= 15 is 0 Å². The zero-order valence-corrected chi connectivity index (χ0v) is 18.6. The summed E-state index contributed by atoms with van der Waals surface area (Å²) >= 11 is 12.2. The first kappa shape index (κ1) is 23.9. The zero-order chi connectivity index (χ0) is 24.0. The SMILES string of the molecule is CCOC(=O)c1c(Nc2ccc(Cl)cc2)oc(/C=C(\C#N)C(=O)Nc2ccc(F)cc2)c1Cl. The third-order valence-corrected chi connectivity index (χ3v) is 4.83. The second-order valence-electron chi connectivity index (χ2n) is 6.47. The van der Waals surface area contributed by atoms with Gasteiger partial charge in [0.2, 0.25) is 5.88 Å². The first-order valence-electron chi connectivity index (χ1n) is 9.53. The van der Waals surface area contributed by atoms with Crippen LogP contribution in [0.4, 0.5) is 21.6 Å². The minimum absolute atomic E-state index is 0.0387. The molecule has 33 heavy (non-hydrogen) atoms. The molecule has 0 saturated carbocycles. The average molecular weight is 488 g/mol. The van der Waals surface area contributed by atoms with Gasteiger partial charge in [-0.1, -0.05) is 23.2 Å². The molecule has 0 aliphatic heterocycles. The van der Waals surface area contributed by atoms with Crippen LogP contribution in [0.25, 0.3) is 6.08 Å². The van der Waals surface area contributed by atoms with E-state index < -0.39 is 17.7 Å². The fourth-order valence-corrected chi connectivity index (χ4v) is 3.05. The molecule has 168 valence electrons. The molecular formula is C23H16Cl2FN3O4. The van der Waals surface area contributed by atoms with Crippen LogP contribution >= 0.6 is 23.2 Å². The highest BCUT2D eigenvalue weighted by Crippen LogP contribution is 2.36. The molecule has 1 aromatic heterocycles. The second kappa shape index (κ2) is 10.7. The van der Waals surface area contributed by atoms with Crippen molar-refractivity contribution in [2.24, 2.45) is 0 Å². The minimum atomic E-state index is -0.776. The maximum absolute atomic E-state index is 13.1. The highest BCUT2D eigenvalue weighted by Gasteiger charge is 2.26. The predicted molar refractivity (Wildman–Crippen MR) is 123 cm³/mol. The Bertz CT molecular complexity index is 1250. The predicted octanol–water partition coefficient (Wildman–Crippen LogP) is 6.19. The number of nitrogens with zero attached hydrogens (tertiary/aromatic N) is 1. The molecule has 0 radical (unpaired) electrons. The molecule has 2 N–H and O–H groups in total. The number of amides is 1. The molecule has 1 amide bonds. The van der Waals surface area contributed by atoms with Crippen LogP contribution in [0.15, 0.2) is 58.5 Å². The molecule has 0 unspecified atom stereocenters. The van der Waals surface area contributed by atoms with E-state index in [2.05, 4.69) is 10.6 Å². The highest BCUT2D eigenvalue weighted by molar-refractivity contribution is 6.36. The van der Waals surface area contributed by atoms with Crippen LogP contribution in [0, 0.1) is 17.1 Å². The summed E-state index contributed by atoms with van der Waals surface area (Å²) in [4.78, 5) is 25.0. The van der Waals surface area contributed by atoms with Crippen LogP contribution in [0.5, 0.6) is 0 Å². The van der Waals surface area contributed by atoms with Crippen LogP contribution in [-0.4, -0.2) is 18.5 Å². The number of nitriles is 1. The summed E-state index contributed by atoms with van der Waals surface area (Å²) in [6.45, 7) is 1.72. The molecule has 0 spiro atoms. The molecule has 0 bridgehead atoms. The molecule has 0 atom stereocenters. The number of esters is 1. The van der Waals surface area contributed by atoms with Crippen molar-refractivity contribution < 1.29 is 23.1 Å². The smallest absolute Gasteiger partial charge is 0.345 e. The zero-order valence-electron chi connectivity index (χ0n) is 17.1. The summed E-state index contributed by atoms with van der Waals surface area (Å²) in [7, 11) is 0. The quantitative estimate of drug-likeness (QED) is 0.233. The Balaban J connectivity index is 1.96. The first-order chi connectivity index (χ1) is 15.8. The molecule has 7 nitrogen and oxygen atoms in total. The number of hydrogen-bond acceptors (Lipinski definition) is 6. The Morgan fingerprint density at radius 3 is 2.36 bits per heavy atom. The average Bonchev–Trinajstić information content (AvgIpc) is 3.09. The van der Waals surface area contributed by atoms with Gasteiger partial charge in [-0.25, -0.2) is 9.18 Å². The Morgan fingerprint density at radius 1 is 1.12 bits per heavy atom. The molecule has 3 aromatic rings. The normalized spacial score (nSPS) is 10.9. The van der Waals surface area contributed by atoms with Crippen molar-refractivity contribution in [3.8, 4) is 6.07 Å². The number of carbonyl (C=O) groups is 2. The van der Waals surface area contributed by atoms with E-state index in [0.29, 0.717) is 10.7 Å². The van der Waals surface area contributed by atoms with Gasteiger partial charge in [-0.05, 0) is 55.5 Å². The van der Waals surface area contributed by atoms with Crippen molar-refractivity contribution in [3.63, 3.8) is 0 Å². The van der Waals surface area contributed by atoms with Crippen LogP contribution in [0.1, 0.15) is 23.0 Å². The first-order valence-corrected chi connectivity index (χ1v) is 10.3. The molecule has 2 aromatic carbocycles. The number of hydrogen-bond donors (Lipinski definition) is 2. The standard InChI is InChI=1S/C23H16Cl2FN3O4/c1-2-32-23(31)19-20(25)18(33-22(19)29-17-7-3-14(24)4-8-17)11-13(12-27)21(30)28-16-9-5-15(26)6-10-16/h3-11,29H,2H2,1H3,(H,28,30)/b13-11+. The lowest BCUT2D eigenvalue weighted by Crippen LogP contribution is -2.13. The van der Waals surface area contributed by atoms with E-state index in [4.69, 9.17) is 32.4 Å². The molecule has 1 heterocycles. The Hall–Kier alpha value is -3.80. The van der Waals surface area contributed by atoms with Gasteiger partial charge >= 0.3 is 5.97 Å². The molecule has 3 rings (SSSR count). The topological polar surface area (TPSA) is 104 Å². The molecule has 10 heteroatoms. The number of halogens is 3. The number of benzene rings is 2. The number of furan rings is 1. The van der Waals surface area contributed by atoms with E-state index in [9.17, 15) is 19.2 Å². The van der Waals surface area contributed by atoms with Crippen molar-refractivity contribution in [1.82, 2.24) is 0 Å². The highest BCUT2D eigenvalue weighted by atomic mass is 35.5. The van der Waals surface area contributed by atoms with E-state index in [-0.39, 0.29) is 40.1 Å². The lowest BCUT2D eigenvalue weighted by molar-refractivity contribution is -0.112. The summed E-state index contributed by atoms with van der Waals surface area (Å²) in [5.74, 6) is -2.15. The van der Waals surface area contributed by atoms with E-state index in [1.165, 1.54) is 12.1 Å². The fraction of sp³-hybridized carbons (Fsp3) is 0.0870. The van der Waals surface area contributed by atoms with Gasteiger partial charge < -0.3 is 19.8 Å². The van der Waals surface area contributed by atoms with Crippen LogP contribution in [-0.2, 0) is 9.53 Å². The van der Waals surface area contributed by atoms with E-state index in [0.717, 1.165) is 18.2 Å². The minimum Gasteiger partial charge on any atom is -0.462 e. The summed E-state index contributed by atoms with van der Waals surface area (Å²) in [6.07, 6.45) is 1.09. The van der Waals surface area contributed by atoms with Gasteiger partial charge in [0.05, 0.1) is 6.61 Å². The maximum atomic E-state index is 13.1. The largest absolute Gasteiger partial charge is 0.462 e. The monoisotopic (exact) mass is 487 g/mol. The number of nitrogens with one attached hydrogen (secondary N) is 2. The van der Waals surface area contributed by atoms with Gasteiger partial charge in [0.15, 0.2) is 5.76 Å². The molecule has 0 aliphatic rings. The summed E-state index contributed by atoms with van der Waals surface area (Å²) < 4.78 is 23.8. The van der Waals surface area contributed by atoms with Gasteiger partial charge in [0.1, 0.15) is 28.0 Å². The Morgan fingerprint density at radius 2 is 1.76 bits per heavy atom. The number of rotatable bonds is 7. The van der Waals surface area contributed by atoms with Gasteiger partial charge in [0, 0.05) is 22.5 Å². The van der Waals surface area contributed by atoms with Crippen molar-refractivity contribution in [2.75, 3.05) is 17.2 Å². The molecule has 0 fully saturated rings. The van der Waals surface area contributed by atoms with Gasteiger partial charge in [-0.15, -0.1) is 0 Å². The van der Waals surface area contributed by atoms with Crippen molar-refractivity contribution in [3.05, 3.63) is 81.3 Å². The third-order valence-electron chi connectivity index (χ3n) is 4.20. The second-order valence-corrected chi connectivity index (χ2v) is 7.28. The summed E-state index contributed by atoms with van der Waals surface area (Å²) in [6, 6.07) is 13.3. The van der Waals surface area contributed by atoms with E-state index in [1.54, 1.807) is 37.3 Å². The third kappa shape index (κ3) is 5.92.